The summed E-state index contributed by atoms with van der Waals surface area (Å²) in [5, 5.41) is 10.6. The second-order valence-corrected chi connectivity index (χ2v) is 13.4. The zero-order valence-electron chi connectivity index (χ0n) is 24.3. The molecule has 40 heavy (non-hydrogen) atoms. The normalized spacial score (nSPS) is 30.0. The highest BCUT2D eigenvalue weighted by atomic mass is 32.2. The van der Waals surface area contributed by atoms with E-state index in [0.717, 1.165) is 12.8 Å². The van der Waals surface area contributed by atoms with E-state index in [1.54, 1.807) is 64.9 Å². The topological polar surface area (TPSA) is 90.4 Å². The predicted molar refractivity (Wildman–Crippen MR) is 159 cm³/mol. The number of fused-ring (bicyclic) bond motifs is 1. The Bertz CT molecular complexity index is 1160. The van der Waals surface area contributed by atoms with Crippen LogP contribution in [-0.2, 0) is 14.4 Å². The molecule has 4 rings (SSSR count). The van der Waals surface area contributed by atoms with Gasteiger partial charge >= 0.3 is 0 Å². The summed E-state index contributed by atoms with van der Waals surface area (Å²) >= 11 is 1.64. The molecule has 0 radical (unpaired) electrons. The summed E-state index contributed by atoms with van der Waals surface area (Å²) in [5.74, 6) is -1.09. The molecule has 3 heterocycles. The number of carbonyl (C=O) groups excluding carboxylic acids is 3. The van der Waals surface area contributed by atoms with Gasteiger partial charge in [0.15, 0.2) is 0 Å². The molecule has 3 fully saturated rings. The highest BCUT2D eigenvalue weighted by Crippen LogP contribution is 2.72. The fourth-order valence-corrected chi connectivity index (χ4v) is 9.40. The molecule has 2 bridgehead atoms. The molecular formula is C31H43N3O5S. The number of hydrogen-bond acceptors (Lipinski definition) is 6. The molecule has 0 aliphatic carbocycles. The van der Waals surface area contributed by atoms with Crippen LogP contribution in [0.15, 0.2) is 49.6 Å². The average Bonchev–Trinajstić information content (AvgIpc) is 3.52. The third-order valence-electron chi connectivity index (χ3n) is 9.30. The first-order valence-electron chi connectivity index (χ1n) is 14.1. The van der Waals surface area contributed by atoms with Crippen LogP contribution in [-0.4, -0.2) is 88.1 Å². The van der Waals surface area contributed by atoms with Crippen molar-refractivity contribution in [3.8, 4) is 5.75 Å². The molecule has 0 aromatic heterocycles. The van der Waals surface area contributed by atoms with Crippen molar-refractivity contribution in [3.63, 3.8) is 0 Å². The molecule has 1 N–H and O–H groups in total. The lowest BCUT2D eigenvalue weighted by atomic mass is 9.66. The van der Waals surface area contributed by atoms with Gasteiger partial charge in [-0.15, -0.1) is 24.9 Å². The fraction of sp³-hybridized carbons (Fsp3) is 0.581. The lowest BCUT2D eigenvalue weighted by molar-refractivity contribution is -0.146. The molecule has 3 saturated heterocycles. The highest BCUT2D eigenvalue weighted by Gasteiger charge is 2.78. The van der Waals surface area contributed by atoms with Crippen LogP contribution >= 0.6 is 11.8 Å². The predicted octanol–water partition coefficient (Wildman–Crippen LogP) is 3.75. The number of amides is 3. The SMILES string of the molecule is C=CCN(C)C(=O)[C@H]1[C@H]2C(=O)N([C@@H](CO)[C@@H](C)CC)C(C(=O)N(CC=C)c3ccc(OC)cc3)C23CC[C@]1(C)S3. The van der Waals surface area contributed by atoms with Crippen LogP contribution < -0.4 is 9.64 Å². The highest BCUT2D eigenvalue weighted by molar-refractivity contribution is 8.02. The summed E-state index contributed by atoms with van der Waals surface area (Å²) in [5.41, 5.74) is 0.670. The number of ether oxygens (including phenoxy) is 1. The molecule has 1 spiro atoms. The molecule has 8 nitrogen and oxygen atoms in total. The smallest absolute Gasteiger partial charge is 0.251 e. The zero-order valence-corrected chi connectivity index (χ0v) is 25.2. The van der Waals surface area contributed by atoms with Crippen LogP contribution in [0.5, 0.6) is 5.75 Å². The maximum Gasteiger partial charge on any atom is 0.251 e. The summed E-state index contributed by atoms with van der Waals surface area (Å²) in [6.07, 6.45) is 5.47. The number of anilines is 1. The average molecular weight is 570 g/mol. The minimum Gasteiger partial charge on any atom is -0.497 e. The number of aliphatic hydroxyl groups is 1. The van der Waals surface area contributed by atoms with Crippen molar-refractivity contribution < 1.29 is 24.2 Å². The summed E-state index contributed by atoms with van der Waals surface area (Å²) < 4.78 is 4.07. The number of hydrogen-bond donors (Lipinski definition) is 1. The Labute approximate surface area is 242 Å². The van der Waals surface area contributed by atoms with E-state index in [4.69, 9.17) is 4.74 Å². The van der Waals surface area contributed by atoms with Crippen LogP contribution in [0.25, 0.3) is 0 Å². The maximum atomic E-state index is 14.8. The number of rotatable bonds is 12. The first-order valence-corrected chi connectivity index (χ1v) is 14.9. The van der Waals surface area contributed by atoms with Crippen molar-refractivity contribution in [2.75, 3.05) is 38.8 Å². The second-order valence-electron chi connectivity index (χ2n) is 11.6. The van der Waals surface area contributed by atoms with Gasteiger partial charge in [0.1, 0.15) is 11.8 Å². The number of likely N-dealkylation sites (N-methyl/N-ethyl adjacent to an activating group) is 1. The van der Waals surface area contributed by atoms with Crippen LogP contribution in [0.3, 0.4) is 0 Å². The van der Waals surface area contributed by atoms with Gasteiger partial charge in [-0.2, -0.15) is 0 Å². The molecule has 3 amide bonds. The monoisotopic (exact) mass is 569 g/mol. The van der Waals surface area contributed by atoms with E-state index >= 15 is 0 Å². The van der Waals surface area contributed by atoms with Gasteiger partial charge < -0.3 is 24.5 Å². The van der Waals surface area contributed by atoms with E-state index in [-0.39, 0.29) is 36.8 Å². The first-order chi connectivity index (χ1) is 19.0. The van der Waals surface area contributed by atoms with Gasteiger partial charge in [0.05, 0.1) is 36.3 Å². The minimum atomic E-state index is -0.826. The van der Waals surface area contributed by atoms with Crippen LogP contribution in [0.1, 0.15) is 40.0 Å². The standard InChI is InChI=1S/C31H43N3O5S/c1-8-17-32(6)27(36)24-25-28(37)34(23(19-35)20(4)10-3)26(31(25)16-15-30(24,5)40-31)29(38)33(18-9-2)21-11-13-22(39-7)14-12-21/h8-9,11-14,20,23-26,35H,1-2,10,15-19H2,3-7H3/t20-,23-,24+,25-,26?,30-,31?/m0/s1. The Morgan fingerprint density at radius 3 is 2.40 bits per heavy atom. The molecule has 1 aromatic carbocycles. The summed E-state index contributed by atoms with van der Waals surface area (Å²) in [6.45, 7) is 14.1. The first kappa shape index (κ1) is 30.2. The number of carbonyl (C=O) groups is 3. The van der Waals surface area contributed by atoms with Gasteiger partial charge in [0.2, 0.25) is 11.8 Å². The Kier molecular flexibility index (Phi) is 8.76. The van der Waals surface area contributed by atoms with Crippen molar-refractivity contribution in [2.24, 2.45) is 17.8 Å². The number of aliphatic hydroxyl groups excluding tert-OH is 1. The number of likely N-dealkylation sites (tertiary alicyclic amines) is 1. The van der Waals surface area contributed by atoms with E-state index in [2.05, 4.69) is 20.1 Å². The quantitative estimate of drug-likeness (QED) is 0.386. The number of nitrogens with zero attached hydrogens (tertiary/aromatic N) is 3. The van der Waals surface area contributed by atoms with Crippen molar-refractivity contribution in [3.05, 3.63) is 49.6 Å². The van der Waals surface area contributed by atoms with Gasteiger partial charge in [0, 0.05) is 30.6 Å². The summed E-state index contributed by atoms with van der Waals surface area (Å²) in [4.78, 5) is 48.1. The number of benzene rings is 1. The van der Waals surface area contributed by atoms with Gasteiger partial charge in [-0.3, -0.25) is 14.4 Å². The lowest BCUT2D eigenvalue weighted by Gasteiger charge is -2.41. The Hall–Kier alpha value is -2.78. The Morgan fingerprint density at radius 1 is 1.20 bits per heavy atom. The van der Waals surface area contributed by atoms with Gasteiger partial charge in [-0.25, -0.2) is 0 Å². The van der Waals surface area contributed by atoms with Gasteiger partial charge in [0.25, 0.3) is 5.91 Å². The fourth-order valence-electron chi connectivity index (χ4n) is 7.07. The Balaban J connectivity index is 1.86. The molecule has 7 atom stereocenters. The molecule has 9 heteroatoms. The molecule has 3 aliphatic rings. The van der Waals surface area contributed by atoms with Crippen molar-refractivity contribution in [1.82, 2.24) is 9.80 Å². The number of thioether (sulfide) groups is 1. The molecule has 3 aliphatic heterocycles. The second kappa shape index (κ2) is 11.6. The van der Waals surface area contributed by atoms with E-state index < -0.39 is 33.4 Å². The minimum absolute atomic E-state index is 0.0382. The molecule has 0 saturated carbocycles. The van der Waals surface area contributed by atoms with Gasteiger partial charge in [-0.1, -0.05) is 32.4 Å². The maximum absolute atomic E-state index is 14.8. The zero-order chi connectivity index (χ0) is 29.4. The van der Waals surface area contributed by atoms with Crippen molar-refractivity contribution >= 4 is 35.2 Å². The third-order valence-corrected chi connectivity index (χ3v) is 11.3. The van der Waals surface area contributed by atoms with Crippen LogP contribution in [0.4, 0.5) is 5.69 Å². The van der Waals surface area contributed by atoms with E-state index in [0.29, 0.717) is 24.4 Å². The van der Waals surface area contributed by atoms with Crippen molar-refractivity contribution in [2.45, 2.75) is 61.6 Å². The van der Waals surface area contributed by atoms with Crippen molar-refractivity contribution in [1.29, 1.82) is 0 Å². The Morgan fingerprint density at radius 2 is 1.85 bits per heavy atom. The van der Waals surface area contributed by atoms with E-state index in [9.17, 15) is 19.5 Å². The molecule has 1 aromatic rings. The lowest BCUT2D eigenvalue weighted by Crippen LogP contribution is -2.58. The number of methoxy groups -OCH3 is 1. The molecule has 218 valence electrons. The van der Waals surface area contributed by atoms with Gasteiger partial charge in [-0.05, 0) is 49.9 Å². The van der Waals surface area contributed by atoms with Crippen LogP contribution in [0.2, 0.25) is 0 Å². The molecular weight excluding hydrogens is 526 g/mol. The summed E-state index contributed by atoms with van der Waals surface area (Å²) in [6, 6.07) is 5.88. The largest absolute Gasteiger partial charge is 0.497 e. The summed E-state index contributed by atoms with van der Waals surface area (Å²) in [7, 11) is 3.33. The van der Waals surface area contributed by atoms with Crippen LogP contribution in [0, 0.1) is 17.8 Å². The van der Waals surface area contributed by atoms with E-state index in [1.165, 1.54) is 0 Å². The third kappa shape index (κ3) is 4.65. The van der Waals surface area contributed by atoms with E-state index in [1.807, 2.05) is 26.0 Å². The molecule has 2 unspecified atom stereocenters.